The van der Waals surface area contributed by atoms with Gasteiger partial charge in [-0.2, -0.15) is 0 Å². The van der Waals surface area contributed by atoms with Crippen LogP contribution in [0, 0.1) is 0 Å². The third-order valence-corrected chi connectivity index (χ3v) is 5.18. The highest BCUT2D eigenvalue weighted by Crippen LogP contribution is 2.43. The fourth-order valence-corrected chi connectivity index (χ4v) is 2.98. The first kappa shape index (κ1) is 19.3. The second-order valence-electron chi connectivity index (χ2n) is 6.94. The first-order chi connectivity index (χ1) is 11.1. The van der Waals surface area contributed by atoms with Crippen molar-refractivity contribution < 1.29 is 23.9 Å². The van der Waals surface area contributed by atoms with Gasteiger partial charge in [0.25, 0.3) is 0 Å². The molecular weight excluding hydrogens is 375 g/mol. The van der Waals surface area contributed by atoms with E-state index < -0.39 is 24.1 Å². The molecular formula is C17H24BBrO5. The highest BCUT2D eigenvalue weighted by atomic mass is 79.9. The molecule has 0 spiro atoms. The van der Waals surface area contributed by atoms with Crippen LogP contribution in [0.15, 0.2) is 22.7 Å². The number of carbonyl (C=O) groups is 1. The summed E-state index contributed by atoms with van der Waals surface area (Å²) in [5.74, 6) is -0.717. The molecule has 1 heterocycles. The molecule has 2 rings (SSSR count). The molecule has 0 bridgehead atoms. The van der Waals surface area contributed by atoms with Crippen LogP contribution in [-0.2, 0) is 18.8 Å². The van der Waals surface area contributed by atoms with E-state index in [2.05, 4.69) is 15.9 Å². The molecule has 1 unspecified atom stereocenters. The SMILES string of the molecule is CCOC(=O)CC(B1OC(C)(C)C(C)(C)O1)c1ccc(Br)cc1O. The lowest BCUT2D eigenvalue weighted by Crippen LogP contribution is -2.41. The third kappa shape index (κ3) is 3.95. The van der Waals surface area contributed by atoms with Gasteiger partial charge < -0.3 is 19.2 Å². The zero-order valence-electron chi connectivity index (χ0n) is 14.8. The zero-order chi connectivity index (χ0) is 18.1. The van der Waals surface area contributed by atoms with Gasteiger partial charge in [-0.15, -0.1) is 0 Å². The van der Waals surface area contributed by atoms with E-state index in [9.17, 15) is 9.90 Å². The number of benzene rings is 1. The second kappa shape index (κ2) is 7.06. The van der Waals surface area contributed by atoms with Gasteiger partial charge in [0.1, 0.15) is 5.75 Å². The summed E-state index contributed by atoms with van der Waals surface area (Å²) in [4.78, 5) is 12.1. The van der Waals surface area contributed by atoms with Gasteiger partial charge in [-0.05, 0) is 52.3 Å². The van der Waals surface area contributed by atoms with E-state index in [1.165, 1.54) is 0 Å². The van der Waals surface area contributed by atoms with Crippen LogP contribution < -0.4 is 0 Å². The van der Waals surface area contributed by atoms with Crippen molar-refractivity contribution >= 4 is 29.0 Å². The summed E-state index contributed by atoms with van der Waals surface area (Å²) in [6, 6.07) is 5.19. The van der Waals surface area contributed by atoms with E-state index in [4.69, 9.17) is 14.0 Å². The molecule has 1 aromatic rings. The number of carbonyl (C=O) groups excluding carboxylic acids is 1. The van der Waals surface area contributed by atoms with Crippen LogP contribution in [0.3, 0.4) is 0 Å². The quantitative estimate of drug-likeness (QED) is 0.603. The van der Waals surface area contributed by atoms with E-state index in [1.807, 2.05) is 33.8 Å². The molecule has 1 atom stereocenters. The summed E-state index contributed by atoms with van der Waals surface area (Å²) in [5.41, 5.74) is -0.435. The van der Waals surface area contributed by atoms with Crippen molar-refractivity contribution in [2.75, 3.05) is 6.61 Å². The lowest BCUT2D eigenvalue weighted by atomic mass is 9.66. The summed E-state index contributed by atoms with van der Waals surface area (Å²) in [5, 5.41) is 10.3. The predicted octanol–water partition coefficient (Wildman–Crippen LogP) is 3.82. The molecule has 1 N–H and O–H groups in total. The lowest BCUT2D eigenvalue weighted by molar-refractivity contribution is -0.143. The van der Waals surface area contributed by atoms with Crippen LogP contribution in [0.2, 0.25) is 0 Å². The van der Waals surface area contributed by atoms with Gasteiger partial charge in [-0.1, -0.05) is 22.0 Å². The number of rotatable bonds is 5. The number of ether oxygens (including phenoxy) is 1. The van der Waals surface area contributed by atoms with Crippen molar-refractivity contribution in [2.45, 2.75) is 58.1 Å². The Morgan fingerprint density at radius 3 is 2.38 bits per heavy atom. The van der Waals surface area contributed by atoms with Crippen LogP contribution in [0.5, 0.6) is 5.75 Å². The standard InChI is InChI=1S/C17H24BBrO5/c1-6-22-15(21)10-13(12-8-7-11(19)9-14(12)20)18-23-16(2,3)17(4,5)24-18/h7-9,13,20H,6,10H2,1-5H3. The van der Waals surface area contributed by atoms with E-state index in [0.717, 1.165) is 4.47 Å². The van der Waals surface area contributed by atoms with Crippen LogP contribution in [0.1, 0.15) is 52.4 Å². The van der Waals surface area contributed by atoms with Crippen molar-refractivity contribution in [1.82, 2.24) is 0 Å². The van der Waals surface area contributed by atoms with Gasteiger partial charge >= 0.3 is 13.1 Å². The zero-order valence-corrected chi connectivity index (χ0v) is 16.3. The summed E-state index contributed by atoms with van der Waals surface area (Å²) in [6.07, 6.45) is 0.0693. The largest absolute Gasteiger partial charge is 0.508 e. The van der Waals surface area contributed by atoms with Gasteiger partial charge in [0.05, 0.1) is 24.2 Å². The summed E-state index contributed by atoms with van der Waals surface area (Å²) >= 11 is 3.33. The summed E-state index contributed by atoms with van der Waals surface area (Å²) in [6.45, 7) is 9.89. The number of hydrogen-bond acceptors (Lipinski definition) is 5. The van der Waals surface area contributed by atoms with E-state index in [0.29, 0.717) is 12.2 Å². The molecule has 0 saturated carbocycles. The molecule has 1 aliphatic heterocycles. The maximum absolute atomic E-state index is 12.1. The monoisotopic (exact) mass is 398 g/mol. The second-order valence-corrected chi connectivity index (χ2v) is 7.86. The number of esters is 1. The maximum atomic E-state index is 12.1. The van der Waals surface area contributed by atoms with Crippen LogP contribution in [0.4, 0.5) is 0 Å². The molecule has 1 saturated heterocycles. The number of halogens is 1. The number of phenolic OH excluding ortho intramolecular Hbond substituents is 1. The topological polar surface area (TPSA) is 65.0 Å². The summed E-state index contributed by atoms with van der Waals surface area (Å²) < 4.78 is 18.0. The van der Waals surface area contributed by atoms with Crippen molar-refractivity contribution in [3.63, 3.8) is 0 Å². The van der Waals surface area contributed by atoms with Gasteiger partial charge in [0, 0.05) is 10.3 Å². The Morgan fingerprint density at radius 2 is 1.88 bits per heavy atom. The van der Waals surface area contributed by atoms with Crippen molar-refractivity contribution in [2.24, 2.45) is 0 Å². The molecule has 1 fully saturated rings. The predicted molar refractivity (Wildman–Crippen MR) is 95.9 cm³/mol. The first-order valence-corrected chi connectivity index (χ1v) is 8.86. The van der Waals surface area contributed by atoms with Crippen LogP contribution in [-0.4, -0.2) is 36.0 Å². The van der Waals surface area contributed by atoms with Crippen molar-refractivity contribution in [3.05, 3.63) is 28.2 Å². The number of hydrogen-bond donors (Lipinski definition) is 1. The smallest absolute Gasteiger partial charge is 0.466 e. The molecule has 0 aromatic heterocycles. The van der Waals surface area contributed by atoms with E-state index in [-0.39, 0.29) is 18.1 Å². The Kier molecular flexibility index (Phi) is 5.67. The highest BCUT2D eigenvalue weighted by Gasteiger charge is 2.54. The average molecular weight is 399 g/mol. The highest BCUT2D eigenvalue weighted by molar-refractivity contribution is 9.10. The third-order valence-electron chi connectivity index (χ3n) is 4.68. The fraction of sp³-hybridized carbons (Fsp3) is 0.588. The van der Waals surface area contributed by atoms with Crippen molar-refractivity contribution in [1.29, 1.82) is 0 Å². The lowest BCUT2D eigenvalue weighted by Gasteiger charge is -2.32. The fourth-order valence-electron chi connectivity index (χ4n) is 2.64. The molecule has 1 aromatic carbocycles. The van der Waals surface area contributed by atoms with Gasteiger partial charge in [-0.3, -0.25) is 4.79 Å². The summed E-state index contributed by atoms with van der Waals surface area (Å²) in [7, 11) is -0.647. The maximum Gasteiger partial charge on any atom is 0.466 e. The molecule has 5 nitrogen and oxygen atoms in total. The molecule has 1 aliphatic rings. The normalized spacial score (nSPS) is 20.0. The Hall–Kier alpha value is -1.05. The number of aromatic hydroxyl groups is 1. The van der Waals surface area contributed by atoms with Gasteiger partial charge in [0.2, 0.25) is 0 Å². The molecule has 7 heteroatoms. The van der Waals surface area contributed by atoms with Crippen LogP contribution >= 0.6 is 15.9 Å². The van der Waals surface area contributed by atoms with Gasteiger partial charge in [-0.25, -0.2) is 0 Å². The molecule has 0 radical (unpaired) electrons. The number of phenols is 1. The van der Waals surface area contributed by atoms with Crippen molar-refractivity contribution in [3.8, 4) is 5.75 Å². The Labute approximate surface area is 151 Å². The molecule has 0 amide bonds. The average Bonchev–Trinajstić information content (AvgIpc) is 2.65. The van der Waals surface area contributed by atoms with E-state index >= 15 is 0 Å². The molecule has 24 heavy (non-hydrogen) atoms. The van der Waals surface area contributed by atoms with E-state index in [1.54, 1.807) is 19.1 Å². The minimum Gasteiger partial charge on any atom is -0.508 e. The van der Waals surface area contributed by atoms with Crippen LogP contribution in [0.25, 0.3) is 0 Å². The van der Waals surface area contributed by atoms with Gasteiger partial charge in [0.15, 0.2) is 0 Å². The molecule has 132 valence electrons. The Morgan fingerprint density at radius 1 is 1.29 bits per heavy atom. The Balaban J connectivity index is 2.35. The first-order valence-electron chi connectivity index (χ1n) is 8.07. The minimum absolute atomic E-state index is 0.0693. The minimum atomic E-state index is -0.647. The molecule has 0 aliphatic carbocycles. The Bertz CT molecular complexity index is 601.